The number of furan rings is 1. The zero-order valence-corrected chi connectivity index (χ0v) is 28.0. The van der Waals surface area contributed by atoms with Gasteiger partial charge < -0.3 is 29.0 Å². The van der Waals surface area contributed by atoms with Crippen molar-refractivity contribution in [1.82, 2.24) is 19.9 Å². The number of hydrogen-bond donors (Lipinski definition) is 4. The van der Waals surface area contributed by atoms with E-state index in [-0.39, 0.29) is 41.2 Å². The van der Waals surface area contributed by atoms with Crippen LogP contribution in [0.5, 0.6) is 5.75 Å². The van der Waals surface area contributed by atoms with Gasteiger partial charge >= 0.3 is 19.9 Å². The molecule has 5 aromatic rings. The molecule has 2 aromatic carbocycles. The van der Waals surface area contributed by atoms with Crippen LogP contribution in [0, 0.1) is 13.8 Å². The first-order chi connectivity index (χ1) is 24.4. The Hall–Kier alpha value is -6.03. The summed E-state index contributed by atoms with van der Waals surface area (Å²) in [4.78, 5) is 76.2. The predicted molar refractivity (Wildman–Crippen MR) is 178 cm³/mol. The standard InChI is InChI=1S/C33H31N6O11P/c1-19-3-6-22(31(41)37-24-11-12-47-16-24)14-27(19)39(30-29-20(2)26(15-38(29)35-17-34-30)32(42)36-23-7-8-23)33(43)49-18-48-28(40)13-21-4-9-25(10-5-21)50-51(44,45)46/h3-6,9-12,14-17,23H,7-8,13,18H2,1-2H3,(H,36,42)(H,37,41)(H2,44,45,46). The first-order valence-electron chi connectivity index (χ1n) is 15.4. The molecule has 1 aliphatic rings. The van der Waals surface area contributed by atoms with E-state index in [0.717, 1.165) is 17.7 Å². The van der Waals surface area contributed by atoms with Crippen molar-refractivity contribution in [3.05, 3.63) is 101 Å². The fraction of sp³-hybridized carbons (Fsp3) is 0.212. The molecule has 0 saturated heterocycles. The molecule has 0 spiro atoms. The number of benzene rings is 2. The Labute approximate surface area is 289 Å². The highest BCUT2D eigenvalue weighted by Gasteiger charge is 2.30. The minimum Gasteiger partial charge on any atom is -0.470 e. The number of phosphoric ester groups is 1. The van der Waals surface area contributed by atoms with Gasteiger partial charge in [-0.3, -0.25) is 24.2 Å². The lowest BCUT2D eigenvalue weighted by molar-refractivity contribution is -0.150. The van der Waals surface area contributed by atoms with Crippen LogP contribution in [0.4, 0.5) is 22.0 Å². The topological polar surface area (TPSA) is 224 Å². The number of esters is 1. The fourth-order valence-corrected chi connectivity index (χ4v) is 5.48. The monoisotopic (exact) mass is 718 g/mol. The maximum absolute atomic E-state index is 13.9. The fourth-order valence-electron chi connectivity index (χ4n) is 5.09. The van der Waals surface area contributed by atoms with E-state index in [1.165, 1.54) is 59.9 Å². The van der Waals surface area contributed by atoms with Crippen LogP contribution in [0.2, 0.25) is 0 Å². The lowest BCUT2D eigenvalue weighted by Crippen LogP contribution is -2.30. The molecular formula is C33H31N6O11P. The normalized spacial score (nSPS) is 12.6. The summed E-state index contributed by atoms with van der Waals surface area (Å²) in [6, 6.07) is 11.7. The maximum Gasteiger partial charge on any atom is 0.524 e. The number of amides is 3. The number of ether oxygens (including phenoxy) is 2. The smallest absolute Gasteiger partial charge is 0.470 e. The van der Waals surface area contributed by atoms with E-state index < -0.39 is 32.6 Å². The summed E-state index contributed by atoms with van der Waals surface area (Å²) in [6.07, 6.45) is 5.99. The van der Waals surface area contributed by atoms with Crippen LogP contribution >= 0.6 is 7.82 Å². The molecule has 3 aromatic heterocycles. The summed E-state index contributed by atoms with van der Waals surface area (Å²) in [6.45, 7) is 2.60. The van der Waals surface area contributed by atoms with Crippen molar-refractivity contribution in [1.29, 1.82) is 0 Å². The molecule has 17 nitrogen and oxygen atoms in total. The van der Waals surface area contributed by atoms with Gasteiger partial charge in [0.25, 0.3) is 11.8 Å². The highest BCUT2D eigenvalue weighted by Crippen LogP contribution is 2.37. The van der Waals surface area contributed by atoms with Crippen LogP contribution in [0.15, 0.2) is 78.0 Å². The molecule has 0 aliphatic heterocycles. The molecule has 1 fully saturated rings. The van der Waals surface area contributed by atoms with Gasteiger partial charge in [-0.05, 0) is 73.7 Å². The summed E-state index contributed by atoms with van der Waals surface area (Å²) in [5, 5.41) is 9.91. The van der Waals surface area contributed by atoms with Crippen molar-refractivity contribution < 1.29 is 51.9 Å². The van der Waals surface area contributed by atoms with Crippen molar-refractivity contribution in [2.75, 3.05) is 17.0 Å². The molecule has 3 heterocycles. The molecule has 264 valence electrons. The Morgan fingerprint density at radius 2 is 1.80 bits per heavy atom. The van der Waals surface area contributed by atoms with Crippen LogP contribution < -0.4 is 20.1 Å². The number of aromatic nitrogens is 3. The van der Waals surface area contributed by atoms with Crippen molar-refractivity contribution in [2.45, 2.75) is 39.2 Å². The van der Waals surface area contributed by atoms with Gasteiger partial charge in [0.15, 0.2) is 5.82 Å². The van der Waals surface area contributed by atoms with Crippen LogP contribution in [0.1, 0.15) is 50.2 Å². The summed E-state index contributed by atoms with van der Waals surface area (Å²) in [7, 11) is -4.75. The highest BCUT2D eigenvalue weighted by molar-refractivity contribution is 7.46. The zero-order chi connectivity index (χ0) is 36.3. The number of carbonyl (C=O) groups excluding carboxylic acids is 4. The second-order valence-electron chi connectivity index (χ2n) is 11.5. The van der Waals surface area contributed by atoms with Crippen molar-refractivity contribution in [2.24, 2.45) is 0 Å². The third-order valence-electron chi connectivity index (χ3n) is 7.75. The number of phosphoric acid groups is 1. The van der Waals surface area contributed by atoms with Gasteiger partial charge in [0, 0.05) is 17.8 Å². The second kappa shape index (κ2) is 14.4. The maximum atomic E-state index is 13.9. The van der Waals surface area contributed by atoms with E-state index in [0.29, 0.717) is 33.5 Å². The average Bonchev–Trinajstić information content (AvgIpc) is 3.61. The summed E-state index contributed by atoms with van der Waals surface area (Å²) in [5.41, 5.74) is 2.90. The molecule has 1 saturated carbocycles. The Bertz CT molecular complexity index is 2160. The van der Waals surface area contributed by atoms with Crippen molar-refractivity contribution in [3.8, 4) is 5.75 Å². The van der Waals surface area contributed by atoms with Crippen LogP contribution in [0.3, 0.4) is 0 Å². The number of nitrogens with one attached hydrogen (secondary N) is 2. The number of anilines is 3. The SMILES string of the molecule is Cc1ccc(C(=O)Nc2ccoc2)cc1N(C(=O)OCOC(=O)Cc1ccc(OP(=O)(O)O)cc1)c1ncnn2cc(C(=O)NC3CC3)c(C)c12. The number of fused-ring (bicyclic) bond motifs is 1. The van der Waals surface area contributed by atoms with E-state index in [4.69, 9.17) is 23.7 Å². The largest absolute Gasteiger partial charge is 0.524 e. The Morgan fingerprint density at radius 3 is 2.49 bits per heavy atom. The molecule has 51 heavy (non-hydrogen) atoms. The Morgan fingerprint density at radius 1 is 1.04 bits per heavy atom. The van der Waals surface area contributed by atoms with E-state index >= 15 is 0 Å². The van der Waals surface area contributed by atoms with Crippen LogP contribution in [-0.2, 0) is 25.3 Å². The molecule has 6 rings (SSSR count). The average molecular weight is 719 g/mol. The van der Waals surface area contributed by atoms with Gasteiger partial charge in [0.2, 0.25) is 6.79 Å². The quantitative estimate of drug-likeness (QED) is 0.0789. The molecule has 1 aliphatic carbocycles. The van der Waals surface area contributed by atoms with Gasteiger partial charge in [-0.1, -0.05) is 18.2 Å². The molecule has 0 atom stereocenters. The molecular weight excluding hydrogens is 687 g/mol. The number of hydrogen-bond acceptors (Lipinski definition) is 11. The summed E-state index contributed by atoms with van der Waals surface area (Å²) >= 11 is 0. The third-order valence-corrected chi connectivity index (χ3v) is 8.20. The van der Waals surface area contributed by atoms with E-state index in [1.807, 2.05) is 0 Å². The van der Waals surface area contributed by atoms with Gasteiger partial charge in [0.1, 0.15) is 23.9 Å². The molecule has 0 unspecified atom stereocenters. The molecule has 4 N–H and O–H groups in total. The van der Waals surface area contributed by atoms with Crippen LogP contribution in [0.25, 0.3) is 5.52 Å². The van der Waals surface area contributed by atoms with Crippen LogP contribution in [-0.4, -0.2) is 61.1 Å². The molecule has 0 bridgehead atoms. The van der Waals surface area contributed by atoms with E-state index in [9.17, 15) is 23.7 Å². The third kappa shape index (κ3) is 8.41. The lowest BCUT2D eigenvalue weighted by Gasteiger charge is -2.24. The summed E-state index contributed by atoms with van der Waals surface area (Å²) in [5.74, 6) is -1.64. The van der Waals surface area contributed by atoms with E-state index in [1.54, 1.807) is 32.0 Å². The van der Waals surface area contributed by atoms with Crippen molar-refractivity contribution in [3.63, 3.8) is 0 Å². The number of carbonyl (C=O) groups is 4. The van der Waals surface area contributed by atoms with Gasteiger partial charge in [-0.25, -0.2) is 23.8 Å². The molecule has 18 heteroatoms. The lowest BCUT2D eigenvalue weighted by atomic mass is 10.1. The number of aryl methyl sites for hydroxylation is 2. The predicted octanol–water partition coefficient (Wildman–Crippen LogP) is 4.57. The summed E-state index contributed by atoms with van der Waals surface area (Å²) < 4.78 is 32.6. The minimum atomic E-state index is -4.75. The second-order valence-corrected chi connectivity index (χ2v) is 12.7. The Balaban J connectivity index is 1.27. The number of nitrogens with zero attached hydrogens (tertiary/aromatic N) is 4. The first-order valence-corrected chi connectivity index (χ1v) is 16.9. The van der Waals surface area contributed by atoms with Gasteiger partial charge in [-0.15, -0.1) is 0 Å². The molecule has 3 amide bonds. The van der Waals surface area contributed by atoms with E-state index in [2.05, 4.69) is 25.2 Å². The molecule has 0 radical (unpaired) electrons. The van der Waals surface area contributed by atoms with Gasteiger partial charge in [0.05, 0.1) is 29.6 Å². The zero-order valence-electron chi connectivity index (χ0n) is 27.1. The highest BCUT2D eigenvalue weighted by atomic mass is 31.2. The van der Waals surface area contributed by atoms with Gasteiger partial charge in [-0.2, -0.15) is 5.10 Å². The number of rotatable bonds is 12. The van der Waals surface area contributed by atoms with Crippen molar-refractivity contribution >= 4 is 54.4 Å². The Kier molecular flexibility index (Phi) is 9.86. The minimum absolute atomic E-state index is 0.0254. The first kappa shape index (κ1) is 34.8.